The van der Waals surface area contributed by atoms with E-state index in [-0.39, 0.29) is 5.82 Å². The van der Waals surface area contributed by atoms with Crippen LogP contribution in [0.1, 0.15) is 22.5 Å². The van der Waals surface area contributed by atoms with Crippen molar-refractivity contribution in [2.45, 2.75) is 26.9 Å². The highest BCUT2D eigenvalue weighted by Crippen LogP contribution is 2.15. The first-order valence-corrected chi connectivity index (χ1v) is 6.04. The lowest BCUT2D eigenvalue weighted by molar-refractivity contribution is 0.578. The molecule has 96 valence electrons. The Hall–Kier alpha value is -1.68. The largest absolute Gasteiger partial charge is 0.316 e. The first kappa shape index (κ1) is 12.8. The second-order valence-electron chi connectivity index (χ2n) is 4.43. The molecule has 0 saturated carbocycles. The van der Waals surface area contributed by atoms with Gasteiger partial charge in [0.15, 0.2) is 0 Å². The minimum Gasteiger partial charge on any atom is -0.316 e. The van der Waals surface area contributed by atoms with Crippen LogP contribution in [0.3, 0.4) is 0 Å². The van der Waals surface area contributed by atoms with Crippen LogP contribution in [-0.4, -0.2) is 16.8 Å². The Morgan fingerprint density at radius 1 is 1.28 bits per heavy atom. The summed E-state index contributed by atoms with van der Waals surface area (Å²) in [4.78, 5) is 0. The van der Waals surface area contributed by atoms with Gasteiger partial charge in [0.2, 0.25) is 0 Å². The number of hydrogen-bond acceptors (Lipinski definition) is 2. The van der Waals surface area contributed by atoms with Crippen molar-refractivity contribution >= 4 is 0 Å². The highest BCUT2D eigenvalue weighted by molar-refractivity contribution is 5.26. The van der Waals surface area contributed by atoms with Crippen LogP contribution < -0.4 is 5.32 Å². The highest BCUT2D eigenvalue weighted by atomic mass is 19.1. The van der Waals surface area contributed by atoms with Gasteiger partial charge in [0.25, 0.3) is 0 Å². The number of rotatable bonds is 4. The quantitative estimate of drug-likeness (QED) is 0.899. The molecule has 0 aliphatic rings. The van der Waals surface area contributed by atoms with Crippen LogP contribution in [0, 0.1) is 19.7 Å². The molecule has 0 saturated heterocycles. The maximum absolute atomic E-state index is 13.6. The fourth-order valence-electron chi connectivity index (χ4n) is 2.11. The molecule has 0 atom stereocenters. The lowest BCUT2D eigenvalue weighted by Crippen LogP contribution is -2.09. The average molecular weight is 247 g/mol. The number of aryl methyl sites for hydroxylation is 1. The molecule has 1 heterocycles. The average Bonchev–Trinajstić information content (AvgIpc) is 2.60. The molecule has 18 heavy (non-hydrogen) atoms. The predicted octanol–water partition coefficient (Wildman–Crippen LogP) is 2.41. The van der Waals surface area contributed by atoms with E-state index in [0.29, 0.717) is 12.1 Å². The van der Waals surface area contributed by atoms with Gasteiger partial charge in [0, 0.05) is 23.4 Å². The van der Waals surface area contributed by atoms with E-state index < -0.39 is 0 Å². The van der Waals surface area contributed by atoms with Crippen molar-refractivity contribution in [1.82, 2.24) is 15.1 Å². The zero-order valence-corrected chi connectivity index (χ0v) is 11.0. The van der Waals surface area contributed by atoms with Gasteiger partial charge in [-0.2, -0.15) is 5.10 Å². The Labute approximate surface area is 107 Å². The Morgan fingerprint density at radius 3 is 2.67 bits per heavy atom. The molecule has 0 aliphatic carbocycles. The molecule has 2 aromatic rings. The van der Waals surface area contributed by atoms with Gasteiger partial charge in [-0.3, -0.25) is 4.68 Å². The van der Waals surface area contributed by atoms with Crippen molar-refractivity contribution < 1.29 is 4.39 Å². The third-order valence-corrected chi connectivity index (χ3v) is 3.16. The van der Waals surface area contributed by atoms with Gasteiger partial charge in [-0.25, -0.2) is 4.39 Å². The maximum atomic E-state index is 13.6. The van der Waals surface area contributed by atoms with Gasteiger partial charge in [0.05, 0.1) is 12.2 Å². The summed E-state index contributed by atoms with van der Waals surface area (Å²) in [5.74, 6) is -0.180. The van der Waals surface area contributed by atoms with Gasteiger partial charge in [-0.15, -0.1) is 0 Å². The normalized spacial score (nSPS) is 10.9. The monoisotopic (exact) mass is 247 g/mol. The van der Waals surface area contributed by atoms with Crippen molar-refractivity contribution in [3.05, 3.63) is 52.6 Å². The number of benzene rings is 1. The summed E-state index contributed by atoms with van der Waals surface area (Å²) in [7, 11) is 1.91. The predicted molar refractivity (Wildman–Crippen MR) is 70.0 cm³/mol. The fourth-order valence-corrected chi connectivity index (χ4v) is 2.11. The van der Waals surface area contributed by atoms with E-state index in [1.165, 1.54) is 11.6 Å². The lowest BCUT2D eigenvalue weighted by atomic mass is 10.2. The highest BCUT2D eigenvalue weighted by Gasteiger charge is 2.11. The van der Waals surface area contributed by atoms with Crippen LogP contribution in [0.2, 0.25) is 0 Å². The topological polar surface area (TPSA) is 29.9 Å². The van der Waals surface area contributed by atoms with Gasteiger partial charge in [-0.1, -0.05) is 18.2 Å². The molecule has 0 bridgehead atoms. The molecule has 1 N–H and O–H groups in total. The smallest absolute Gasteiger partial charge is 0.128 e. The molecule has 0 fully saturated rings. The van der Waals surface area contributed by atoms with Crippen molar-refractivity contribution in [2.24, 2.45) is 0 Å². The third-order valence-electron chi connectivity index (χ3n) is 3.16. The van der Waals surface area contributed by atoms with E-state index in [1.54, 1.807) is 12.1 Å². The second kappa shape index (κ2) is 5.31. The Bertz CT molecular complexity index is 546. The van der Waals surface area contributed by atoms with E-state index in [1.807, 2.05) is 31.6 Å². The molecule has 0 spiro atoms. The summed E-state index contributed by atoms with van der Waals surface area (Å²) in [5.41, 5.74) is 3.94. The van der Waals surface area contributed by atoms with E-state index in [4.69, 9.17) is 0 Å². The van der Waals surface area contributed by atoms with Crippen LogP contribution in [0.15, 0.2) is 24.3 Å². The first-order chi connectivity index (χ1) is 8.63. The number of hydrogen-bond donors (Lipinski definition) is 1. The van der Waals surface area contributed by atoms with Crippen molar-refractivity contribution in [2.75, 3.05) is 7.05 Å². The summed E-state index contributed by atoms with van der Waals surface area (Å²) >= 11 is 0. The van der Waals surface area contributed by atoms with Gasteiger partial charge >= 0.3 is 0 Å². The molecule has 0 unspecified atom stereocenters. The van der Waals surface area contributed by atoms with Crippen LogP contribution in [-0.2, 0) is 13.1 Å². The Kier molecular flexibility index (Phi) is 3.77. The maximum Gasteiger partial charge on any atom is 0.128 e. The minimum atomic E-state index is -0.180. The van der Waals surface area contributed by atoms with E-state index in [0.717, 1.165) is 17.9 Å². The summed E-state index contributed by atoms with van der Waals surface area (Å²) in [5, 5.41) is 7.60. The van der Waals surface area contributed by atoms with Crippen molar-refractivity contribution in [1.29, 1.82) is 0 Å². The lowest BCUT2D eigenvalue weighted by Gasteiger charge is -2.06. The van der Waals surface area contributed by atoms with Crippen LogP contribution in [0.5, 0.6) is 0 Å². The van der Waals surface area contributed by atoms with E-state index >= 15 is 0 Å². The summed E-state index contributed by atoms with van der Waals surface area (Å²) in [6.45, 7) is 5.27. The van der Waals surface area contributed by atoms with Crippen LogP contribution >= 0.6 is 0 Å². The van der Waals surface area contributed by atoms with Gasteiger partial charge in [-0.05, 0) is 27.0 Å². The molecule has 0 amide bonds. The molecule has 3 nitrogen and oxygen atoms in total. The van der Waals surface area contributed by atoms with Crippen LogP contribution in [0.4, 0.5) is 4.39 Å². The third kappa shape index (κ3) is 2.43. The standard InChI is InChI=1S/C14H18FN3/c1-10-13(8-16-3)11(2)18(17-10)9-12-6-4-5-7-14(12)15/h4-7,16H,8-9H2,1-3H3. The van der Waals surface area contributed by atoms with Gasteiger partial charge in [0.1, 0.15) is 5.82 Å². The zero-order valence-electron chi connectivity index (χ0n) is 11.0. The van der Waals surface area contributed by atoms with E-state index in [2.05, 4.69) is 10.4 Å². The number of nitrogens with one attached hydrogen (secondary N) is 1. The molecule has 0 radical (unpaired) electrons. The fraction of sp³-hybridized carbons (Fsp3) is 0.357. The number of nitrogens with zero attached hydrogens (tertiary/aromatic N) is 2. The Balaban J connectivity index is 2.30. The first-order valence-electron chi connectivity index (χ1n) is 6.04. The second-order valence-corrected chi connectivity index (χ2v) is 4.43. The zero-order chi connectivity index (χ0) is 13.1. The molecule has 1 aromatic carbocycles. The van der Waals surface area contributed by atoms with Crippen LogP contribution in [0.25, 0.3) is 0 Å². The van der Waals surface area contributed by atoms with Crippen molar-refractivity contribution in [3.63, 3.8) is 0 Å². The number of aromatic nitrogens is 2. The van der Waals surface area contributed by atoms with E-state index in [9.17, 15) is 4.39 Å². The SMILES string of the molecule is CNCc1c(C)nn(Cc2ccccc2F)c1C. The summed E-state index contributed by atoms with van der Waals surface area (Å²) in [6.07, 6.45) is 0. The summed E-state index contributed by atoms with van der Waals surface area (Å²) in [6, 6.07) is 6.82. The van der Waals surface area contributed by atoms with Crippen molar-refractivity contribution in [3.8, 4) is 0 Å². The molecule has 2 rings (SSSR count). The molecular weight excluding hydrogens is 229 g/mol. The number of halogens is 1. The summed E-state index contributed by atoms with van der Waals surface area (Å²) < 4.78 is 15.5. The molecule has 0 aliphatic heterocycles. The molecule has 1 aromatic heterocycles. The minimum absolute atomic E-state index is 0.180. The molecule has 4 heteroatoms. The van der Waals surface area contributed by atoms with Gasteiger partial charge < -0.3 is 5.32 Å². The molecular formula is C14H18FN3. The Morgan fingerprint density at radius 2 is 2.00 bits per heavy atom.